The zero-order valence-electron chi connectivity index (χ0n) is 29.6. The van der Waals surface area contributed by atoms with Crippen LogP contribution in [0.4, 0.5) is 22.7 Å². The fraction of sp³-hybridized carbons (Fsp3) is 0.350. The van der Waals surface area contributed by atoms with Gasteiger partial charge in [-0.2, -0.15) is 0 Å². The highest BCUT2D eigenvalue weighted by Crippen LogP contribution is 2.32. The minimum absolute atomic E-state index is 0.000865. The number of hydrogen-bond donors (Lipinski definition) is 7. The third kappa shape index (κ3) is 9.25. The van der Waals surface area contributed by atoms with E-state index >= 15 is 0 Å². The summed E-state index contributed by atoms with van der Waals surface area (Å²) in [6, 6.07) is 27.4. The number of aryl methyl sites for hydroxylation is 1. The van der Waals surface area contributed by atoms with Gasteiger partial charge in [0.15, 0.2) is 0 Å². The van der Waals surface area contributed by atoms with E-state index < -0.39 is 0 Å². The molecule has 0 saturated carbocycles. The maximum atomic E-state index is 13.4. The number of carbonyl (C=O) groups is 1. The fourth-order valence-corrected chi connectivity index (χ4v) is 6.30. The first kappa shape index (κ1) is 37.3. The van der Waals surface area contributed by atoms with E-state index in [-0.39, 0.29) is 38.4 Å². The Morgan fingerprint density at radius 3 is 1.92 bits per heavy atom. The zero-order valence-corrected chi connectivity index (χ0v) is 29.6. The molecule has 0 saturated heterocycles. The van der Waals surface area contributed by atoms with Gasteiger partial charge in [-0.05, 0) is 96.8 Å². The van der Waals surface area contributed by atoms with Gasteiger partial charge in [0.05, 0.1) is 43.5 Å². The number of nitrogens with zero attached hydrogens (tertiary/aromatic N) is 3. The van der Waals surface area contributed by atoms with Crippen LogP contribution in [0.25, 0.3) is 22.4 Å². The van der Waals surface area contributed by atoms with Crippen LogP contribution in [0.3, 0.4) is 0 Å². The Morgan fingerprint density at radius 1 is 0.784 bits per heavy atom. The van der Waals surface area contributed by atoms with Gasteiger partial charge in [0.2, 0.25) is 0 Å². The van der Waals surface area contributed by atoms with Crippen LogP contribution < -0.4 is 20.4 Å². The fourth-order valence-electron chi connectivity index (χ4n) is 6.30. The van der Waals surface area contributed by atoms with Gasteiger partial charge in [-0.15, -0.1) is 0 Å². The van der Waals surface area contributed by atoms with E-state index in [1.54, 1.807) is 12.1 Å². The summed E-state index contributed by atoms with van der Waals surface area (Å²) >= 11 is 0. The van der Waals surface area contributed by atoms with Gasteiger partial charge in [-0.1, -0.05) is 32.4 Å². The largest absolute Gasteiger partial charge is 0.395 e. The summed E-state index contributed by atoms with van der Waals surface area (Å²) in [5.74, 6) is 0.803. The summed E-state index contributed by atoms with van der Waals surface area (Å²) in [5.41, 5.74) is 8.58. The molecule has 0 radical (unpaired) electrons. The molecule has 0 fully saturated rings. The molecule has 0 bridgehead atoms. The molecule has 11 nitrogen and oxygen atoms in total. The molecule has 5 aromatic rings. The van der Waals surface area contributed by atoms with Crippen LogP contribution in [0, 0.1) is 12.8 Å². The van der Waals surface area contributed by atoms with Crippen molar-refractivity contribution in [2.45, 2.75) is 33.2 Å². The van der Waals surface area contributed by atoms with E-state index in [0.717, 1.165) is 51.2 Å². The van der Waals surface area contributed by atoms with E-state index in [9.17, 15) is 25.2 Å². The molecule has 2 atom stereocenters. The number of hydrogen-bond acceptors (Lipinski definition) is 9. The Kier molecular flexibility index (Phi) is 13.0. The van der Waals surface area contributed by atoms with Gasteiger partial charge in [0.25, 0.3) is 5.91 Å². The second-order valence-corrected chi connectivity index (χ2v) is 12.8. The van der Waals surface area contributed by atoms with Crippen LogP contribution in [0.2, 0.25) is 0 Å². The van der Waals surface area contributed by atoms with Crippen LogP contribution in [-0.4, -0.2) is 88.9 Å². The number of rotatable bonds is 18. The van der Waals surface area contributed by atoms with Gasteiger partial charge in [-0.25, -0.2) is 4.98 Å². The lowest BCUT2D eigenvalue weighted by atomic mass is 9.91. The molecule has 2 unspecified atom stereocenters. The minimum atomic E-state index is -0.223. The van der Waals surface area contributed by atoms with Crippen LogP contribution in [0.5, 0.6) is 0 Å². The van der Waals surface area contributed by atoms with Crippen molar-refractivity contribution in [1.82, 2.24) is 9.97 Å². The van der Waals surface area contributed by atoms with Crippen molar-refractivity contribution in [3.8, 4) is 11.4 Å². The Labute approximate surface area is 299 Å². The predicted octanol–water partition coefficient (Wildman–Crippen LogP) is 5.57. The van der Waals surface area contributed by atoms with Crippen molar-refractivity contribution >= 4 is 39.7 Å². The van der Waals surface area contributed by atoms with Crippen LogP contribution in [0.1, 0.15) is 47.8 Å². The summed E-state index contributed by atoms with van der Waals surface area (Å²) in [4.78, 5) is 25.3. The van der Waals surface area contributed by atoms with E-state index in [2.05, 4.69) is 41.6 Å². The quantitative estimate of drug-likeness (QED) is 0.0623. The topological polar surface area (TPSA) is 157 Å². The molecular formula is C40H50N6O5. The predicted molar refractivity (Wildman–Crippen MR) is 206 cm³/mol. The molecule has 1 aromatic heterocycles. The molecule has 1 heterocycles. The first-order valence-corrected chi connectivity index (χ1v) is 17.6. The number of aromatic amines is 1. The lowest BCUT2D eigenvalue weighted by Crippen LogP contribution is -2.29. The molecule has 0 aliphatic rings. The van der Waals surface area contributed by atoms with Gasteiger partial charge in [-0.3, -0.25) is 4.79 Å². The van der Waals surface area contributed by atoms with E-state index in [1.807, 2.05) is 77.4 Å². The third-order valence-electron chi connectivity index (χ3n) is 9.36. The van der Waals surface area contributed by atoms with Gasteiger partial charge in [0.1, 0.15) is 5.82 Å². The summed E-state index contributed by atoms with van der Waals surface area (Å²) in [6.07, 6.45) is 0.984. The molecule has 51 heavy (non-hydrogen) atoms. The van der Waals surface area contributed by atoms with Crippen LogP contribution >= 0.6 is 0 Å². The number of aliphatic hydroxyl groups is 4. The second kappa shape index (κ2) is 17.8. The molecule has 7 N–H and O–H groups in total. The minimum Gasteiger partial charge on any atom is -0.395 e. The summed E-state index contributed by atoms with van der Waals surface area (Å²) in [7, 11) is 0. The monoisotopic (exact) mass is 694 g/mol. The van der Waals surface area contributed by atoms with Crippen molar-refractivity contribution in [3.63, 3.8) is 0 Å². The number of aliphatic hydroxyl groups excluding tert-OH is 4. The number of imidazole rings is 1. The highest BCUT2D eigenvalue weighted by Gasteiger charge is 2.20. The first-order valence-electron chi connectivity index (χ1n) is 17.6. The standard InChI is InChI=1S/C40H50N6O5/c1-4-27(2)38(29-5-11-33(12-6-29)45(17-21-47)18-22-48)42-35-16-10-32(25-28(35)3)41-40(51)31-9-15-36-37(26-31)44-39(43-36)30-7-13-34(14-8-30)46(19-23-49)20-24-50/h5-16,25-27,38,42,47-50H,4,17-24H2,1-3H3,(H,41,51)(H,43,44). The van der Waals surface area contributed by atoms with Crippen molar-refractivity contribution in [1.29, 1.82) is 0 Å². The average molecular weight is 695 g/mol. The summed E-state index contributed by atoms with van der Waals surface area (Å²) < 4.78 is 0. The van der Waals surface area contributed by atoms with E-state index in [1.165, 1.54) is 0 Å². The number of amides is 1. The highest BCUT2D eigenvalue weighted by molar-refractivity contribution is 6.06. The van der Waals surface area contributed by atoms with Crippen molar-refractivity contribution in [2.75, 3.05) is 73.0 Å². The maximum absolute atomic E-state index is 13.4. The number of benzene rings is 4. The Hall–Kier alpha value is -4.94. The zero-order chi connectivity index (χ0) is 36.3. The number of carbonyl (C=O) groups excluding carboxylic acids is 1. The number of fused-ring (bicyclic) bond motifs is 1. The van der Waals surface area contributed by atoms with E-state index in [0.29, 0.717) is 49.2 Å². The second-order valence-electron chi connectivity index (χ2n) is 12.8. The molecule has 0 aliphatic heterocycles. The molecular weight excluding hydrogens is 644 g/mol. The maximum Gasteiger partial charge on any atom is 0.255 e. The summed E-state index contributed by atoms with van der Waals surface area (Å²) in [6.45, 7) is 8.26. The average Bonchev–Trinajstić information content (AvgIpc) is 3.58. The molecule has 1 amide bonds. The number of H-pyrrole nitrogens is 1. The van der Waals surface area contributed by atoms with Crippen LogP contribution in [-0.2, 0) is 0 Å². The van der Waals surface area contributed by atoms with Crippen molar-refractivity contribution in [3.05, 3.63) is 102 Å². The smallest absolute Gasteiger partial charge is 0.255 e. The Balaban J connectivity index is 1.27. The molecule has 0 spiro atoms. The molecule has 4 aromatic carbocycles. The Morgan fingerprint density at radius 2 is 1.37 bits per heavy atom. The number of aromatic nitrogens is 2. The van der Waals surface area contributed by atoms with Crippen LogP contribution in [0.15, 0.2) is 84.9 Å². The Bertz CT molecular complexity index is 1850. The molecule has 0 aliphatic carbocycles. The number of anilines is 4. The highest BCUT2D eigenvalue weighted by atomic mass is 16.3. The van der Waals surface area contributed by atoms with Gasteiger partial charge >= 0.3 is 0 Å². The first-order chi connectivity index (χ1) is 24.8. The lowest BCUT2D eigenvalue weighted by molar-refractivity contribution is 0.102. The van der Waals surface area contributed by atoms with Crippen molar-refractivity contribution < 1.29 is 25.2 Å². The normalized spacial score (nSPS) is 12.5. The summed E-state index contributed by atoms with van der Waals surface area (Å²) in [5, 5.41) is 44.4. The SMILES string of the molecule is CCC(C)C(Nc1ccc(NC(=O)c2ccc3nc(-c4ccc(N(CCO)CCO)cc4)[nH]c3c2)cc1C)c1ccc(N(CCO)CCO)cc1. The van der Waals surface area contributed by atoms with Crippen molar-refractivity contribution in [2.24, 2.45) is 5.92 Å². The van der Waals surface area contributed by atoms with Gasteiger partial charge in [0, 0.05) is 60.1 Å². The molecule has 5 rings (SSSR count). The molecule has 270 valence electrons. The van der Waals surface area contributed by atoms with E-state index in [4.69, 9.17) is 4.98 Å². The lowest BCUT2D eigenvalue weighted by Gasteiger charge is -2.28. The van der Waals surface area contributed by atoms with Gasteiger partial charge < -0.3 is 45.8 Å². The number of nitrogens with one attached hydrogen (secondary N) is 3. The third-order valence-corrected chi connectivity index (χ3v) is 9.36. The molecule has 11 heteroatoms.